The molecule has 0 aliphatic heterocycles. The summed E-state index contributed by atoms with van der Waals surface area (Å²) in [5.41, 5.74) is 1.61. The third-order valence-electron chi connectivity index (χ3n) is 2.98. The molecule has 16 heavy (non-hydrogen) atoms. The summed E-state index contributed by atoms with van der Waals surface area (Å²) >= 11 is 6.06. The summed E-state index contributed by atoms with van der Waals surface area (Å²) < 4.78 is 0. The molecule has 1 N–H and O–H groups in total. The normalized spacial score (nSPS) is 13.8. The Hall–Kier alpha value is -0.530. The molecule has 1 atom stereocenters. The van der Waals surface area contributed by atoms with Gasteiger partial charge >= 0.3 is 0 Å². The van der Waals surface area contributed by atoms with E-state index >= 15 is 0 Å². The number of hydrogen-bond acceptors (Lipinski definition) is 1. The second kappa shape index (κ2) is 5.70. The molecular formula is C14H22ClN. The Labute approximate surface area is 104 Å². The first-order valence-corrected chi connectivity index (χ1v) is 6.23. The van der Waals surface area contributed by atoms with Gasteiger partial charge in [-0.2, -0.15) is 0 Å². The highest BCUT2D eigenvalue weighted by Gasteiger charge is 2.25. The zero-order valence-corrected chi connectivity index (χ0v) is 11.4. The van der Waals surface area contributed by atoms with E-state index in [1.165, 1.54) is 5.56 Å². The maximum Gasteiger partial charge on any atom is 0.0408 e. The van der Waals surface area contributed by atoms with Crippen LogP contribution in [0.4, 0.5) is 0 Å². The van der Waals surface area contributed by atoms with Crippen LogP contribution in [0.2, 0.25) is 5.02 Å². The van der Waals surface area contributed by atoms with E-state index in [2.05, 4.69) is 38.2 Å². The van der Waals surface area contributed by atoms with Gasteiger partial charge in [0.2, 0.25) is 0 Å². The van der Waals surface area contributed by atoms with Crippen molar-refractivity contribution in [2.24, 2.45) is 5.41 Å². The van der Waals surface area contributed by atoms with Crippen LogP contribution in [-0.2, 0) is 0 Å². The van der Waals surface area contributed by atoms with Gasteiger partial charge in [0.05, 0.1) is 0 Å². The first-order valence-electron chi connectivity index (χ1n) is 5.85. The number of nitrogens with one attached hydrogen (secondary N) is 1. The molecule has 0 spiro atoms. The monoisotopic (exact) mass is 239 g/mol. The first-order chi connectivity index (χ1) is 7.45. The maximum absolute atomic E-state index is 6.06. The Morgan fingerprint density at radius 3 is 2.50 bits per heavy atom. The van der Waals surface area contributed by atoms with Gasteiger partial charge in [0, 0.05) is 5.02 Å². The lowest BCUT2D eigenvalue weighted by Gasteiger charge is -2.31. The zero-order chi connectivity index (χ0) is 12.2. The zero-order valence-electron chi connectivity index (χ0n) is 10.7. The molecule has 0 saturated carbocycles. The second-order valence-electron chi connectivity index (χ2n) is 5.37. The summed E-state index contributed by atoms with van der Waals surface area (Å²) in [6, 6.07) is 8.24. The molecule has 90 valence electrons. The highest BCUT2D eigenvalue weighted by molar-refractivity contribution is 6.30. The first kappa shape index (κ1) is 13.5. The summed E-state index contributed by atoms with van der Waals surface area (Å²) in [5, 5.41) is 4.05. The quantitative estimate of drug-likeness (QED) is 0.835. The Kier molecular flexibility index (Phi) is 4.82. The lowest BCUT2D eigenvalue weighted by Crippen LogP contribution is -2.22. The van der Waals surface area contributed by atoms with Gasteiger partial charge in [0.25, 0.3) is 0 Å². The molecule has 0 fully saturated rings. The summed E-state index contributed by atoms with van der Waals surface area (Å²) in [5.74, 6) is 0.540. The van der Waals surface area contributed by atoms with Crippen LogP contribution in [0, 0.1) is 5.41 Å². The van der Waals surface area contributed by atoms with Crippen molar-refractivity contribution in [3.05, 3.63) is 34.9 Å². The van der Waals surface area contributed by atoms with E-state index in [4.69, 9.17) is 11.6 Å². The second-order valence-corrected chi connectivity index (χ2v) is 5.80. The SMILES string of the molecule is CNCCC(c1cccc(Cl)c1)C(C)(C)C. The van der Waals surface area contributed by atoms with E-state index < -0.39 is 0 Å². The fourth-order valence-corrected chi connectivity index (χ4v) is 2.31. The topological polar surface area (TPSA) is 12.0 Å². The van der Waals surface area contributed by atoms with Crippen LogP contribution in [-0.4, -0.2) is 13.6 Å². The fourth-order valence-electron chi connectivity index (χ4n) is 2.11. The van der Waals surface area contributed by atoms with Crippen LogP contribution in [0.1, 0.15) is 38.7 Å². The minimum Gasteiger partial charge on any atom is -0.320 e. The van der Waals surface area contributed by atoms with Gasteiger partial charge in [-0.05, 0) is 49.0 Å². The van der Waals surface area contributed by atoms with Crippen LogP contribution in [0.3, 0.4) is 0 Å². The van der Waals surface area contributed by atoms with E-state index in [-0.39, 0.29) is 5.41 Å². The molecule has 0 aliphatic carbocycles. The lowest BCUT2D eigenvalue weighted by molar-refractivity contribution is 0.303. The van der Waals surface area contributed by atoms with Gasteiger partial charge < -0.3 is 5.32 Å². The minimum atomic E-state index is 0.265. The molecule has 1 nitrogen and oxygen atoms in total. The van der Waals surface area contributed by atoms with Gasteiger partial charge in [-0.3, -0.25) is 0 Å². The largest absolute Gasteiger partial charge is 0.320 e. The highest BCUT2D eigenvalue weighted by Crippen LogP contribution is 2.38. The Balaban J connectivity index is 2.92. The molecule has 1 unspecified atom stereocenters. The lowest BCUT2D eigenvalue weighted by atomic mass is 9.74. The summed E-state index contributed by atoms with van der Waals surface area (Å²) in [4.78, 5) is 0. The van der Waals surface area contributed by atoms with Crippen molar-refractivity contribution < 1.29 is 0 Å². The molecule has 0 aromatic heterocycles. The Bertz CT molecular complexity index is 328. The molecule has 0 bridgehead atoms. The highest BCUT2D eigenvalue weighted by atomic mass is 35.5. The summed E-state index contributed by atoms with van der Waals surface area (Å²) in [6.45, 7) is 7.89. The van der Waals surface area contributed by atoms with Gasteiger partial charge in [-0.1, -0.05) is 44.5 Å². The number of benzene rings is 1. The van der Waals surface area contributed by atoms with E-state index in [9.17, 15) is 0 Å². The Morgan fingerprint density at radius 2 is 2.00 bits per heavy atom. The standard InChI is InChI=1S/C14H22ClN/c1-14(2,3)13(8-9-16-4)11-6-5-7-12(15)10-11/h5-7,10,13,16H,8-9H2,1-4H3. The van der Waals surface area contributed by atoms with Gasteiger partial charge in [0.1, 0.15) is 0 Å². The predicted octanol–water partition coefficient (Wildman–Crippen LogP) is 4.08. The maximum atomic E-state index is 6.06. The van der Waals surface area contributed by atoms with Crippen LogP contribution in [0.25, 0.3) is 0 Å². The van der Waals surface area contributed by atoms with Crippen molar-refractivity contribution in [3.8, 4) is 0 Å². The molecule has 0 radical (unpaired) electrons. The third kappa shape index (κ3) is 3.80. The molecule has 0 heterocycles. The van der Waals surface area contributed by atoms with Crippen molar-refractivity contribution >= 4 is 11.6 Å². The van der Waals surface area contributed by atoms with Crippen LogP contribution >= 0.6 is 11.6 Å². The molecule has 1 aromatic carbocycles. The molecule has 2 heteroatoms. The molecule has 0 saturated heterocycles. The number of hydrogen-bond donors (Lipinski definition) is 1. The third-order valence-corrected chi connectivity index (χ3v) is 3.21. The minimum absolute atomic E-state index is 0.265. The number of rotatable bonds is 4. The number of halogens is 1. The predicted molar refractivity (Wildman–Crippen MR) is 72.2 cm³/mol. The van der Waals surface area contributed by atoms with Crippen molar-refractivity contribution in [2.45, 2.75) is 33.1 Å². The average molecular weight is 240 g/mol. The van der Waals surface area contributed by atoms with Crippen LogP contribution in [0.15, 0.2) is 24.3 Å². The molecule has 0 aliphatic rings. The van der Waals surface area contributed by atoms with Gasteiger partial charge in [0.15, 0.2) is 0 Å². The molecule has 0 amide bonds. The van der Waals surface area contributed by atoms with Gasteiger partial charge in [-0.25, -0.2) is 0 Å². The van der Waals surface area contributed by atoms with Gasteiger partial charge in [-0.15, -0.1) is 0 Å². The summed E-state index contributed by atoms with van der Waals surface area (Å²) in [6.07, 6.45) is 1.14. The van der Waals surface area contributed by atoms with Crippen molar-refractivity contribution in [1.82, 2.24) is 5.32 Å². The van der Waals surface area contributed by atoms with E-state index in [0.29, 0.717) is 5.92 Å². The average Bonchev–Trinajstić information content (AvgIpc) is 2.16. The molecule has 1 aromatic rings. The van der Waals surface area contributed by atoms with Crippen LogP contribution in [0.5, 0.6) is 0 Å². The van der Waals surface area contributed by atoms with Crippen molar-refractivity contribution in [2.75, 3.05) is 13.6 Å². The smallest absolute Gasteiger partial charge is 0.0408 e. The molecular weight excluding hydrogens is 218 g/mol. The Morgan fingerprint density at radius 1 is 1.31 bits per heavy atom. The van der Waals surface area contributed by atoms with Crippen molar-refractivity contribution in [1.29, 1.82) is 0 Å². The van der Waals surface area contributed by atoms with E-state index in [0.717, 1.165) is 18.0 Å². The van der Waals surface area contributed by atoms with E-state index in [1.54, 1.807) is 0 Å². The fraction of sp³-hybridized carbons (Fsp3) is 0.571. The van der Waals surface area contributed by atoms with Crippen LogP contribution < -0.4 is 5.32 Å². The van der Waals surface area contributed by atoms with E-state index in [1.807, 2.05) is 19.2 Å². The van der Waals surface area contributed by atoms with Crippen molar-refractivity contribution in [3.63, 3.8) is 0 Å². The molecule has 1 rings (SSSR count). The summed E-state index contributed by atoms with van der Waals surface area (Å²) in [7, 11) is 2.00.